The number of nitrogens with zero attached hydrogens (tertiary/aromatic N) is 1. The molecular formula is C11H14ClFN2O. The summed E-state index contributed by atoms with van der Waals surface area (Å²) in [5, 5.41) is 3.62. The maximum atomic E-state index is 13.9. The second-order valence-electron chi connectivity index (χ2n) is 3.68. The van der Waals surface area contributed by atoms with E-state index in [4.69, 9.17) is 16.3 Å². The summed E-state index contributed by atoms with van der Waals surface area (Å²) in [4.78, 5) is 1.95. The third kappa shape index (κ3) is 2.23. The molecule has 1 aromatic carbocycles. The average Bonchev–Trinajstić information content (AvgIpc) is 2.29. The van der Waals surface area contributed by atoms with Gasteiger partial charge in [0.2, 0.25) is 0 Å². The average molecular weight is 245 g/mol. The van der Waals surface area contributed by atoms with Gasteiger partial charge in [-0.15, -0.1) is 0 Å². The second kappa shape index (κ2) is 4.89. The van der Waals surface area contributed by atoms with E-state index in [-0.39, 0.29) is 5.82 Å². The number of ether oxygens (including phenoxy) is 1. The molecule has 1 aliphatic rings. The summed E-state index contributed by atoms with van der Waals surface area (Å²) in [5.41, 5.74) is 0.476. The largest absolute Gasteiger partial charge is 0.497 e. The van der Waals surface area contributed by atoms with Gasteiger partial charge in [0.15, 0.2) is 5.82 Å². The highest BCUT2D eigenvalue weighted by molar-refractivity contribution is 6.33. The zero-order valence-electron chi connectivity index (χ0n) is 9.09. The number of methoxy groups -OCH3 is 1. The van der Waals surface area contributed by atoms with Crippen molar-refractivity contribution in [1.82, 2.24) is 5.32 Å². The van der Waals surface area contributed by atoms with Gasteiger partial charge in [0.1, 0.15) is 5.75 Å². The molecule has 0 spiro atoms. The van der Waals surface area contributed by atoms with E-state index in [1.165, 1.54) is 13.2 Å². The van der Waals surface area contributed by atoms with Gasteiger partial charge >= 0.3 is 0 Å². The zero-order valence-corrected chi connectivity index (χ0v) is 9.85. The molecule has 0 radical (unpaired) electrons. The molecule has 0 aliphatic carbocycles. The molecule has 0 amide bonds. The van der Waals surface area contributed by atoms with Crippen molar-refractivity contribution in [2.75, 3.05) is 38.2 Å². The van der Waals surface area contributed by atoms with Crippen LogP contribution in [0, 0.1) is 5.82 Å². The van der Waals surface area contributed by atoms with Crippen molar-refractivity contribution in [3.8, 4) is 5.75 Å². The van der Waals surface area contributed by atoms with Crippen molar-refractivity contribution in [3.05, 3.63) is 23.0 Å². The predicted octanol–water partition coefficient (Wildman–Crippen LogP) is 1.90. The van der Waals surface area contributed by atoms with Crippen LogP contribution in [-0.4, -0.2) is 33.3 Å². The van der Waals surface area contributed by atoms with Gasteiger partial charge in [-0.2, -0.15) is 0 Å². The van der Waals surface area contributed by atoms with Gasteiger partial charge in [0.25, 0.3) is 0 Å². The molecule has 1 fully saturated rings. The quantitative estimate of drug-likeness (QED) is 0.860. The van der Waals surface area contributed by atoms with E-state index in [1.54, 1.807) is 6.07 Å². The highest BCUT2D eigenvalue weighted by Gasteiger charge is 2.18. The highest BCUT2D eigenvalue weighted by Crippen LogP contribution is 2.33. The zero-order chi connectivity index (χ0) is 11.5. The topological polar surface area (TPSA) is 24.5 Å². The molecule has 2 rings (SSSR count). The minimum atomic E-state index is -0.328. The lowest BCUT2D eigenvalue weighted by Crippen LogP contribution is -2.44. The Bertz CT molecular complexity index is 357. The standard InChI is InChI=1S/C11H14ClFN2O/c1-16-8-6-9(12)11(10(13)7-8)15-4-2-14-3-5-15/h6-7,14H,2-5H2,1H3. The van der Waals surface area contributed by atoms with Gasteiger partial charge in [-0.1, -0.05) is 11.6 Å². The Morgan fingerprint density at radius 3 is 2.62 bits per heavy atom. The smallest absolute Gasteiger partial charge is 0.151 e. The number of rotatable bonds is 2. The van der Waals surface area contributed by atoms with E-state index >= 15 is 0 Å². The molecule has 3 nitrogen and oxygen atoms in total. The summed E-state index contributed by atoms with van der Waals surface area (Å²) >= 11 is 6.06. The summed E-state index contributed by atoms with van der Waals surface area (Å²) in [6.07, 6.45) is 0. The minimum Gasteiger partial charge on any atom is -0.497 e. The van der Waals surface area contributed by atoms with Crippen LogP contribution < -0.4 is 15.0 Å². The molecule has 1 aromatic rings. The molecule has 0 atom stereocenters. The van der Waals surface area contributed by atoms with Gasteiger partial charge < -0.3 is 15.0 Å². The van der Waals surface area contributed by atoms with E-state index < -0.39 is 0 Å². The predicted molar refractivity (Wildman–Crippen MR) is 63.0 cm³/mol. The lowest BCUT2D eigenvalue weighted by atomic mass is 10.2. The van der Waals surface area contributed by atoms with E-state index in [2.05, 4.69) is 5.32 Å². The van der Waals surface area contributed by atoms with E-state index in [1.807, 2.05) is 4.90 Å². The maximum Gasteiger partial charge on any atom is 0.151 e. The van der Waals surface area contributed by atoms with Crippen LogP contribution in [0.4, 0.5) is 10.1 Å². The molecule has 0 aromatic heterocycles. The van der Waals surface area contributed by atoms with Gasteiger partial charge in [-0.25, -0.2) is 4.39 Å². The lowest BCUT2D eigenvalue weighted by Gasteiger charge is -2.30. The van der Waals surface area contributed by atoms with Crippen LogP contribution in [0.3, 0.4) is 0 Å². The first-order valence-electron chi connectivity index (χ1n) is 5.21. The third-order valence-electron chi connectivity index (χ3n) is 2.66. The van der Waals surface area contributed by atoms with Crippen LogP contribution >= 0.6 is 11.6 Å². The molecule has 1 heterocycles. The summed E-state index contributed by atoms with van der Waals surface area (Å²) < 4.78 is 18.8. The number of anilines is 1. The van der Waals surface area contributed by atoms with Gasteiger partial charge in [-0.3, -0.25) is 0 Å². The van der Waals surface area contributed by atoms with E-state index in [0.29, 0.717) is 16.5 Å². The fourth-order valence-corrected chi connectivity index (χ4v) is 2.17. The van der Waals surface area contributed by atoms with Crippen LogP contribution in [-0.2, 0) is 0 Å². The van der Waals surface area contributed by atoms with Gasteiger partial charge in [-0.05, 0) is 0 Å². The number of halogens is 2. The van der Waals surface area contributed by atoms with Crippen LogP contribution in [0.15, 0.2) is 12.1 Å². The van der Waals surface area contributed by atoms with Crippen LogP contribution in [0.1, 0.15) is 0 Å². The van der Waals surface area contributed by atoms with Crippen molar-refractivity contribution in [1.29, 1.82) is 0 Å². The summed E-state index contributed by atoms with van der Waals surface area (Å²) in [7, 11) is 1.50. The first-order chi connectivity index (χ1) is 7.72. The Balaban J connectivity index is 2.32. The number of benzene rings is 1. The number of nitrogens with one attached hydrogen (secondary N) is 1. The summed E-state index contributed by atoms with van der Waals surface area (Å²) in [6, 6.07) is 3.01. The lowest BCUT2D eigenvalue weighted by molar-refractivity contribution is 0.411. The first-order valence-corrected chi connectivity index (χ1v) is 5.59. The molecule has 88 valence electrons. The second-order valence-corrected chi connectivity index (χ2v) is 4.08. The van der Waals surface area contributed by atoms with E-state index in [0.717, 1.165) is 26.2 Å². The van der Waals surface area contributed by atoms with Crippen LogP contribution in [0.5, 0.6) is 5.75 Å². The summed E-state index contributed by atoms with van der Waals surface area (Å²) in [6.45, 7) is 3.23. The fraction of sp³-hybridized carbons (Fsp3) is 0.455. The monoisotopic (exact) mass is 244 g/mol. The Kier molecular flexibility index (Phi) is 3.51. The van der Waals surface area contributed by atoms with E-state index in [9.17, 15) is 4.39 Å². The molecule has 1 saturated heterocycles. The van der Waals surface area contributed by atoms with Crippen molar-refractivity contribution in [3.63, 3.8) is 0 Å². The maximum absolute atomic E-state index is 13.9. The number of piperazine rings is 1. The molecule has 0 unspecified atom stereocenters. The third-order valence-corrected chi connectivity index (χ3v) is 2.95. The van der Waals surface area contributed by atoms with Crippen molar-refractivity contribution in [2.45, 2.75) is 0 Å². The Morgan fingerprint density at radius 2 is 2.06 bits per heavy atom. The van der Waals surface area contributed by atoms with Gasteiger partial charge in [0, 0.05) is 38.3 Å². The Morgan fingerprint density at radius 1 is 1.38 bits per heavy atom. The van der Waals surface area contributed by atoms with Crippen molar-refractivity contribution < 1.29 is 9.13 Å². The Labute approximate surface area is 99.1 Å². The molecule has 1 N–H and O–H groups in total. The normalized spacial score (nSPS) is 16.3. The number of hydrogen-bond donors (Lipinski definition) is 1. The minimum absolute atomic E-state index is 0.328. The number of hydrogen-bond acceptors (Lipinski definition) is 3. The van der Waals surface area contributed by atoms with Crippen LogP contribution in [0.25, 0.3) is 0 Å². The molecule has 1 aliphatic heterocycles. The first kappa shape index (κ1) is 11.5. The Hall–Kier alpha value is -1.00. The molecular weight excluding hydrogens is 231 g/mol. The molecule has 5 heteroatoms. The van der Waals surface area contributed by atoms with Crippen molar-refractivity contribution in [2.24, 2.45) is 0 Å². The molecule has 0 saturated carbocycles. The summed E-state index contributed by atoms with van der Waals surface area (Å²) in [5.74, 6) is 0.118. The highest BCUT2D eigenvalue weighted by atomic mass is 35.5. The SMILES string of the molecule is COc1cc(F)c(N2CCNCC2)c(Cl)c1. The molecule has 16 heavy (non-hydrogen) atoms. The van der Waals surface area contributed by atoms with Gasteiger partial charge in [0.05, 0.1) is 17.8 Å². The molecule has 0 bridgehead atoms. The van der Waals surface area contributed by atoms with Crippen molar-refractivity contribution >= 4 is 17.3 Å². The fourth-order valence-electron chi connectivity index (χ4n) is 1.85. The van der Waals surface area contributed by atoms with Crippen LogP contribution in [0.2, 0.25) is 5.02 Å².